The van der Waals surface area contributed by atoms with E-state index >= 15 is 0 Å². The van der Waals surface area contributed by atoms with Gasteiger partial charge in [-0.2, -0.15) is 5.10 Å². The summed E-state index contributed by atoms with van der Waals surface area (Å²) in [6.45, 7) is 0. The molecule has 0 radical (unpaired) electrons. The van der Waals surface area contributed by atoms with Gasteiger partial charge in [-0.05, 0) is 48.7 Å². The summed E-state index contributed by atoms with van der Waals surface area (Å²) in [6, 6.07) is 9.52. The molecule has 1 aliphatic rings. The van der Waals surface area contributed by atoms with E-state index in [0.717, 1.165) is 35.0 Å². The lowest BCUT2D eigenvalue weighted by atomic mass is 10.1. The molecule has 7 nitrogen and oxygen atoms in total. The van der Waals surface area contributed by atoms with Crippen molar-refractivity contribution in [3.8, 4) is 17.2 Å². The fraction of sp³-hybridized carbons (Fsp3) is 0.273. The van der Waals surface area contributed by atoms with Crippen LogP contribution in [0.4, 0.5) is 0 Å². The maximum atomic E-state index is 12.6. The van der Waals surface area contributed by atoms with Gasteiger partial charge in [-0.3, -0.25) is 9.89 Å². The molecular formula is C22H23N3O4. The summed E-state index contributed by atoms with van der Waals surface area (Å²) in [5, 5.41) is 11.1. The zero-order valence-corrected chi connectivity index (χ0v) is 16.6. The Morgan fingerprint density at radius 2 is 1.86 bits per heavy atom. The standard InChI is InChI=1S/C22H23N3O4/c1-27-18-11-5-13(12-19(18)28-2)4-9-16-20-17(25-24-16)10-8-15(21(20)29-3)22(26)23-14-6-7-14/h4-5,8-12,14H,6-7H2,1-3H3,(H,23,26)(H,24,25). The number of fused-ring (bicyclic) bond motifs is 1. The van der Waals surface area contributed by atoms with Crippen molar-refractivity contribution in [3.63, 3.8) is 0 Å². The quantitative estimate of drug-likeness (QED) is 0.640. The molecule has 4 rings (SSSR count). The van der Waals surface area contributed by atoms with E-state index in [1.165, 1.54) is 0 Å². The van der Waals surface area contributed by atoms with Gasteiger partial charge in [0, 0.05) is 6.04 Å². The van der Waals surface area contributed by atoms with Gasteiger partial charge in [-0.1, -0.05) is 12.1 Å². The van der Waals surface area contributed by atoms with E-state index in [-0.39, 0.29) is 11.9 Å². The van der Waals surface area contributed by atoms with Crippen LogP contribution in [0.1, 0.15) is 34.5 Å². The first-order valence-corrected chi connectivity index (χ1v) is 9.40. The van der Waals surface area contributed by atoms with Gasteiger partial charge in [0.2, 0.25) is 0 Å². The average molecular weight is 393 g/mol. The Morgan fingerprint density at radius 1 is 1.07 bits per heavy atom. The van der Waals surface area contributed by atoms with Gasteiger partial charge in [-0.15, -0.1) is 0 Å². The van der Waals surface area contributed by atoms with E-state index in [1.807, 2.05) is 36.4 Å². The van der Waals surface area contributed by atoms with Crippen LogP contribution in [0.2, 0.25) is 0 Å². The summed E-state index contributed by atoms with van der Waals surface area (Å²) < 4.78 is 16.2. The first-order chi connectivity index (χ1) is 14.1. The Labute approximate surface area is 168 Å². The Balaban J connectivity index is 1.70. The SMILES string of the molecule is COc1ccc(C=Cc2[nH]nc3ccc(C(=O)NC4CC4)c(OC)c23)cc1OC. The molecule has 1 saturated carbocycles. The molecule has 0 aliphatic heterocycles. The van der Waals surface area contributed by atoms with Crippen LogP contribution in [0.5, 0.6) is 17.2 Å². The van der Waals surface area contributed by atoms with Crippen LogP contribution in [-0.2, 0) is 0 Å². The van der Waals surface area contributed by atoms with Crippen molar-refractivity contribution < 1.29 is 19.0 Å². The van der Waals surface area contributed by atoms with Crippen molar-refractivity contribution in [2.75, 3.05) is 21.3 Å². The van der Waals surface area contributed by atoms with Crippen molar-refractivity contribution in [3.05, 3.63) is 47.2 Å². The number of rotatable bonds is 7. The van der Waals surface area contributed by atoms with E-state index < -0.39 is 0 Å². The lowest BCUT2D eigenvalue weighted by molar-refractivity contribution is 0.0948. The number of nitrogens with zero attached hydrogens (tertiary/aromatic N) is 1. The molecule has 1 heterocycles. The molecule has 2 N–H and O–H groups in total. The first-order valence-electron chi connectivity index (χ1n) is 9.40. The number of methoxy groups -OCH3 is 3. The van der Waals surface area contributed by atoms with Crippen LogP contribution in [0.15, 0.2) is 30.3 Å². The number of hydrogen-bond donors (Lipinski definition) is 2. The van der Waals surface area contributed by atoms with Crippen molar-refractivity contribution in [1.82, 2.24) is 15.5 Å². The lowest BCUT2D eigenvalue weighted by Gasteiger charge is -2.10. The van der Waals surface area contributed by atoms with E-state index in [0.29, 0.717) is 22.8 Å². The van der Waals surface area contributed by atoms with Crippen LogP contribution in [0, 0.1) is 0 Å². The number of carbonyl (C=O) groups is 1. The molecule has 7 heteroatoms. The first kappa shape index (κ1) is 18.9. The molecule has 0 bridgehead atoms. The van der Waals surface area contributed by atoms with E-state index in [4.69, 9.17) is 14.2 Å². The Hall–Kier alpha value is -3.48. The van der Waals surface area contributed by atoms with E-state index in [1.54, 1.807) is 27.4 Å². The maximum Gasteiger partial charge on any atom is 0.255 e. The second-order valence-corrected chi connectivity index (χ2v) is 6.87. The second-order valence-electron chi connectivity index (χ2n) is 6.87. The summed E-state index contributed by atoms with van der Waals surface area (Å²) in [5.74, 6) is 1.72. The predicted molar refractivity (Wildman–Crippen MR) is 112 cm³/mol. The third kappa shape index (κ3) is 3.76. The minimum Gasteiger partial charge on any atom is -0.495 e. The molecule has 1 fully saturated rings. The number of aromatic nitrogens is 2. The van der Waals surface area contributed by atoms with E-state index in [9.17, 15) is 4.79 Å². The zero-order valence-electron chi connectivity index (χ0n) is 16.6. The van der Waals surface area contributed by atoms with Gasteiger partial charge in [0.15, 0.2) is 11.5 Å². The summed E-state index contributed by atoms with van der Waals surface area (Å²) in [4.78, 5) is 12.6. The average Bonchev–Trinajstić information content (AvgIpc) is 3.47. The minimum atomic E-state index is -0.123. The van der Waals surface area contributed by atoms with Crippen molar-refractivity contribution in [2.24, 2.45) is 0 Å². The summed E-state index contributed by atoms with van der Waals surface area (Å²) in [5.41, 5.74) is 2.94. The summed E-state index contributed by atoms with van der Waals surface area (Å²) >= 11 is 0. The third-order valence-electron chi connectivity index (χ3n) is 4.91. The summed E-state index contributed by atoms with van der Waals surface area (Å²) in [7, 11) is 4.78. The fourth-order valence-corrected chi connectivity index (χ4v) is 3.24. The molecule has 0 spiro atoms. The number of benzene rings is 2. The highest BCUT2D eigenvalue weighted by atomic mass is 16.5. The highest BCUT2D eigenvalue weighted by molar-refractivity contribution is 6.05. The van der Waals surface area contributed by atoms with Gasteiger partial charge in [0.05, 0.1) is 43.5 Å². The summed E-state index contributed by atoms with van der Waals surface area (Å²) in [6.07, 6.45) is 5.90. The Kier molecular flexibility index (Phi) is 5.12. The van der Waals surface area contributed by atoms with Crippen molar-refractivity contribution in [2.45, 2.75) is 18.9 Å². The molecule has 1 aliphatic carbocycles. The van der Waals surface area contributed by atoms with Crippen molar-refractivity contribution >= 4 is 29.0 Å². The molecule has 150 valence electrons. The largest absolute Gasteiger partial charge is 0.495 e. The van der Waals surface area contributed by atoms with Gasteiger partial charge >= 0.3 is 0 Å². The van der Waals surface area contributed by atoms with Gasteiger partial charge in [0.25, 0.3) is 5.91 Å². The molecular weight excluding hydrogens is 370 g/mol. The monoisotopic (exact) mass is 393 g/mol. The predicted octanol–water partition coefficient (Wildman–Crippen LogP) is 3.65. The highest BCUT2D eigenvalue weighted by Gasteiger charge is 2.26. The number of hydrogen-bond acceptors (Lipinski definition) is 5. The smallest absolute Gasteiger partial charge is 0.255 e. The second kappa shape index (κ2) is 7.87. The molecule has 0 saturated heterocycles. The van der Waals surface area contributed by atoms with E-state index in [2.05, 4.69) is 15.5 Å². The maximum absolute atomic E-state index is 12.6. The number of aromatic amines is 1. The van der Waals surface area contributed by atoms with Crippen LogP contribution in [0.25, 0.3) is 23.1 Å². The number of nitrogens with one attached hydrogen (secondary N) is 2. The number of ether oxygens (including phenoxy) is 3. The molecule has 1 amide bonds. The number of H-pyrrole nitrogens is 1. The van der Waals surface area contributed by atoms with Gasteiger partial charge in [-0.25, -0.2) is 0 Å². The molecule has 1 aromatic heterocycles. The highest BCUT2D eigenvalue weighted by Crippen LogP contribution is 2.33. The number of carbonyl (C=O) groups excluding carboxylic acids is 1. The normalized spacial score (nSPS) is 13.6. The van der Waals surface area contributed by atoms with Crippen molar-refractivity contribution in [1.29, 1.82) is 0 Å². The van der Waals surface area contributed by atoms with Gasteiger partial charge in [0.1, 0.15) is 5.75 Å². The Morgan fingerprint density at radius 3 is 2.55 bits per heavy atom. The molecule has 0 unspecified atom stereocenters. The van der Waals surface area contributed by atoms with Crippen LogP contribution < -0.4 is 19.5 Å². The molecule has 0 atom stereocenters. The molecule has 29 heavy (non-hydrogen) atoms. The van der Waals surface area contributed by atoms with Crippen LogP contribution >= 0.6 is 0 Å². The van der Waals surface area contributed by atoms with Crippen LogP contribution in [0.3, 0.4) is 0 Å². The van der Waals surface area contributed by atoms with Gasteiger partial charge < -0.3 is 19.5 Å². The lowest BCUT2D eigenvalue weighted by Crippen LogP contribution is -2.25. The Bertz CT molecular complexity index is 1080. The molecule has 2 aromatic carbocycles. The fourth-order valence-electron chi connectivity index (χ4n) is 3.24. The minimum absolute atomic E-state index is 0.123. The number of amides is 1. The topological polar surface area (TPSA) is 85.5 Å². The zero-order chi connectivity index (χ0) is 20.4. The molecule has 3 aromatic rings. The third-order valence-corrected chi connectivity index (χ3v) is 4.91. The van der Waals surface area contributed by atoms with Crippen LogP contribution in [-0.4, -0.2) is 43.5 Å².